The summed E-state index contributed by atoms with van der Waals surface area (Å²) in [6.45, 7) is 10.9. The Kier molecular flexibility index (Phi) is 9.52. The van der Waals surface area contributed by atoms with Crippen LogP contribution < -0.4 is 15.0 Å². The number of pyridine rings is 1. The van der Waals surface area contributed by atoms with Crippen LogP contribution in [0, 0.1) is 27.7 Å². The number of halogens is 1. The molecule has 0 radical (unpaired) electrons. The van der Waals surface area contributed by atoms with Gasteiger partial charge in [-0.05, 0) is 115 Å². The van der Waals surface area contributed by atoms with E-state index in [1.54, 1.807) is 0 Å². The number of ether oxygens (including phenoxy) is 1. The number of benzene rings is 3. The lowest BCUT2D eigenvalue weighted by Gasteiger charge is -2.29. The summed E-state index contributed by atoms with van der Waals surface area (Å²) in [4.78, 5) is 21.1. The van der Waals surface area contributed by atoms with Crippen molar-refractivity contribution in [3.05, 3.63) is 134 Å². The van der Waals surface area contributed by atoms with E-state index in [0.717, 1.165) is 105 Å². The monoisotopic (exact) mass is 685 g/mol. The summed E-state index contributed by atoms with van der Waals surface area (Å²) in [7, 11) is 1.98. The topological polar surface area (TPSA) is 72.3 Å². The van der Waals surface area contributed by atoms with Gasteiger partial charge in [0.1, 0.15) is 11.6 Å². The minimum atomic E-state index is -0.0386. The minimum Gasteiger partial charge on any atom is -0.494 e. The molecule has 7 rings (SSSR count). The zero-order chi connectivity index (χ0) is 34.9. The van der Waals surface area contributed by atoms with Crippen LogP contribution in [0.2, 0.25) is 5.02 Å². The van der Waals surface area contributed by atoms with E-state index in [-0.39, 0.29) is 5.91 Å². The summed E-state index contributed by atoms with van der Waals surface area (Å²) in [6.07, 6.45) is 4.98. The normalized spacial score (nSPS) is 13.8. The van der Waals surface area contributed by atoms with E-state index in [1.807, 2.05) is 43.9 Å². The molecule has 2 aliphatic rings. The van der Waals surface area contributed by atoms with E-state index < -0.39 is 0 Å². The molecule has 0 unspecified atom stereocenters. The number of aryl methyl sites for hydroxylation is 4. The Morgan fingerprint density at radius 1 is 0.960 bits per heavy atom. The SMILES string of the molecule is Cc1cc(OCCCC2=C(C(=O)NCc3ccc(N4CCc5ccccc5C4)nc3)Cc3c2cccc3-c2c(C)nn(C)c2C)cc(C)c1Cl. The number of hydrogen-bond acceptors (Lipinski definition) is 5. The molecule has 0 bridgehead atoms. The molecule has 1 amide bonds. The zero-order valence-electron chi connectivity index (χ0n) is 29.6. The van der Waals surface area contributed by atoms with Gasteiger partial charge in [-0.2, -0.15) is 5.10 Å². The van der Waals surface area contributed by atoms with E-state index in [0.29, 0.717) is 19.6 Å². The Hall–Kier alpha value is -4.88. The van der Waals surface area contributed by atoms with Crippen molar-refractivity contribution in [1.82, 2.24) is 20.1 Å². The smallest absolute Gasteiger partial charge is 0.248 e. The van der Waals surface area contributed by atoms with E-state index >= 15 is 0 Å². The molecule has 1 aliphatic heterocycles. The molecule has 50 heavy (non-hydrogen) atoms. The number of allylic oxidation sites excluding steroid dienone is 1. The van der Waals surface area contributed by atoms with Gasteiger partial charge in [-0.25, -0.2) is 4.98 Å². The first-order valence-electron chi connectivity index (χ1n) is 17.5. The Balaban J connectivity index is 1.08. The average molecular weight is 686 g/mol. The van der Waals surface area contributed by atoms with Crippen molar-refractivity contribution in [2.45, 2.75) is 66.5 Å². The number of fused-ring (bicyclic) bond motifs is 2. The molecule has 0 saturated heterocycles. The number of carbonyl (C=O) groups excluding carboxylic acids is 1. The van der Waals surface area contributed by atoms with Crippen molar-refractivity contribution in [2.24, 2.45) is 7.05 Å². The number of hydrogen-bond donors (Lipinski definition) is 1. The molecule has 3 heterocycles. The Morgan fingerprint density at radius 3 is 2.44 bits per heavy atom. The lowest BCUT2D eigenvalue weighted by Crippen LogP contribution is -2.31. The standard InChI is InChI=1S/C42H44ClN5O2/c1-26-20-33(21-27(2)41(26)43)50-19-9-14-35-34-12-8-13-36(40-28(3)46-47(5)29(40)4)37(34)22-38(35)42(49)45-24-30-15-16-39(44-23-30)48-18-17-31-10-6-7-11-32(31)25-48/h6-8,10-13,15-16,20-21,23H,9,14,17-19,22,24-25H2,1-5H3,(H,45,49). The molecule has 0 spiro atoms. The Labute approximate surface area is 300 Å². The van der Waals surface area contributed by atoms with Crippen molar-refractivity contribution in [3.8, 4) is 16.9 Å². The number of nitrogens with zero attached hydrogens (tertiary/aromatic N) is 4. The molecule has 256 valence electrons. The molecule has 7 nitrogen and oxygen atoms in total. The summed E-state index contributed by atoms with van der Waals surface area (Å²) >= 11 is 6.38. The van der Waals surface area contributed by atoms with Crippen LogP contribution in [0.1, 0.15) is 63.2 Å². The minimum absolute atomic E-state index is 0.0386. The van der Waals surface area contributed by atoms with Crippen molar-refractivity contribution < 1.29 is 9.53 Å². The molecular weight excluding hydrogens is 642 g/mol. The largest absolute Gasteiger partial charge is 0.494 e. The van der Waals surface area contributed by atoms with Crippen LogP contribution in [-0.4, -0.2) is 33.8 Å². The summed E-state index contributed by atoms with van der Waals surface area (Å²) in [5.41, 5.74) is 14.4. The van der Waals surface area contributed by atoms with Gasteiger partial charge in [0.25, 0.3) is 0 Å². The second-order valence-corrected chi connectivity index (χ2v) is 14.0. The third kappa shape index (κ3) is 6.67. The Bertz CT molecular complexity index is 2090. The first kappa shape index (κ1) is 33.6. The van der Waals surface area contributed by atoms with Crippen LogP contribution in [0.15, 0.2) is 78.5 Å². The fraction of sp³-hybridized carbons (Fsp3) is 0.310. The quantitative estimate of drug-likeness (QED) is 0.150. The maximum absolute atomic E-state index is 14.0. The van der Waals surface area contributed by atoms with Crippen LogP contribution in [0.5, 0.6) is 5.75 Å². The highest BCUT2D eigenvalue weighted by Gasteiger charge is 2.29. The van der Waals surface area contributed by atoms with Crippen LogP contribution in [0.25, 0.3) is 16.7 Å². The maximum Gasteiger partial charge on any atom is 0.248 e. The molecule has 0 atom stereocenters. The van der Waals surface area contributed by atoms with Crippen LogP contribution in [0.3, 0.4) is 0 Å². The van der Waals surface area contributed by atoms with Crippen molar-refractivity contribution >= 4 is 28.9 Å². The van der Waals surface area contributed by atoms with E-state index in [2.05, 4.69) is 78.7 Å². The first-order valence-corrected chi connectivity index (χ1v) is 17.8. The van der Waals surface area contributed by atoms with Gasteiger partial charge in [0.15, 0.2) is 0 Å². The van der Waals surface area contributed by atoms with Gasteiger partial charge in [0, 0.05) is 61.2 Å². The predicted molar refractivity (Wildman–Crippen MR) is 202 cm³/mol. The van der Waals surface area contributed by atoms with Crippen LogP contribution in [0.4, 0.5) is 5.82 Å². The zero-order valence-corrected chi connectivity index (χ0v) is 30.3. The van der Waals surface area contributed by atoms with Gasteiger partial charge in [0.05, 0.1) is 12.3 Å². The van der Waals surface area contributed by atoms with Crippen LogP contribution in [-0.2, 0) is 37.8 Å². The molecular formula is C42H44ClN5O2. The molecule has 5 aromatic rings. The molecule has 0 saturated carbocycles. The summed E-state index contributed by atoms with van der Waals surface area (Å²) in [5.74, 6) is 1.74. The second kappa shape index (κ2) is 14.2. The fourth-order valence-corrected chi connectivity index (χ4v) is 7.63. The maximum atomic E-state index is 14.0. The highest BCUT2D eigenvalue weighted by atomic mass is 35.5. The average Bonchev–Trinajstić information content (AvgIpc) is 3.62. The lowest BCUT2D eigenvalue weighted by molar-refractivity contribution is -0.117. The number of aromatic nitrogens is 3. The molecule has 1 aliphatic carbocycles. The van der Waals surface area contributed by atoms with E-state index in [4.69, 9.17) is 26.4 Å². The van der Waals surface area contributed by atoms with Crippen LogP contribution >= 0.6 is 11.6 Å². The summed E-state index contributed by atoms with van der Waals surface area (Å²) in [6, 6.07) is 23.2. The lowest BCUT2D eigenvalue weighted by atomic mass is 9.93. The van der Waals surface area contributed by atoms with Gasteiger partial charge in [0.2, 0.25) is 5.91 Å². The summed E-state index contributed by atoms with van der Waals surface area (Å²) < 4.78 is 8.10. The molecule has 2 aromatic heterocycles. The fourth-order valence-electron chi connectivity index (χ4n) is 7.52. The van der Waals surface area contributed by atoms with E-state index in [9.17, 15) is 4.79 Å². The number of anilines is 1. The van der Waals surface area contributed by atoms with E-state index in [1.165, 1.54) is 16.7 Å². The molecule has 8 heteroatoms. The Morgan fingerprint density at radius 2 is 1.72 bits per heavy atom. The number of rotatable bonds is 10. The van der Waals surface area contributed by atoms with Crippen molar-refractivity contribution in [3.63, 3.8) is 0 Å². The molecule has 0 fully saturated rings. The van der Waals surface area contributed by atoms with Gasteiger partial charge < -0.3 is 15.0 Å². The second-order valence-electron chi connectivity index (χ2n) is 13.6. The molecule has 1 N–H and O–H groups in total. The van der Waals surface area contributed by atoms with Gasteiger partial charge >= 0.3 is 0 Å². The van der Waals surface area contributed by atoms with Gasteiger partial charge in [-0.15, -0.1) is 0 Å². The highest BCUT2D eigenvalue weighted by Crippen LogP contribution is 2.42. The third-order valence-corrected chi connectivity index (χ3v) is 10.8. The van der Waals surface area contributed by atoms with Gasteiger partial charge in [-0.3, -0.25) is 9.48 Å². The van der Waals surface area contributed by atoms with Crippen molar-refractivity contribution in [1.29, 1.82) is 0 Å². The summed E-state index contributed by atoms with van der Waals surface area (Å²) in [5, 5.41) is 8.69. The molecule has 3 aromatic carbocycles. The van der Waals surface area contributed by atoms with Gasteiger partial charge in [-0.1, -0.05) is 60.1 Å². The number of carbonyl (C=O) groups is 1. The number of nitrogens with one attached hydrogen (secondary N) is 1. The number of amides is 1. The van der Waals surface area contributed by atoms with Crippen molar-refractivity contribution in [2.75, 3.05) is 18.1 Å². The highest BCUT2D eigenvalue weighted by molar-refractivity contribution is 6.32. The first-order chi connectivity index (χ1) is 24.2. The third-order valence-electron chi connectivity index (χ3n) is 10.2. The predicted octanol–water partition coefficient (Wildman–Crippen LogP) is 8.42.